The Hall–Kier alpha value is -1.88. The lowest BCUT2D eigenvalue weighted by Crippen LogP contribution is -2.21. The number of ether oxygens (including phenoxy) is 2. The minimum absolute atomic E-state index is 0.0569. The zero-order chi connectivity index (χ0) is 15.5. The summed E-state index contributed by atoms with van der Waals surface area (Å²) in [4.78, 5) is 0. The van der Waals surface area contributed by atoms with Crippen molar-refractivity contribution < 1.29 is 9.47 Å². The molecule has 3 rings (SSSR count). The molecule has 1 aliphatic rings. The van der Waals surface area contributed by atoms with Gasteiger partial charge in [0.05, 0.1) is 6.61 Å². The highest BCUT2D eigenvalue weighted by molar-refractivity contribution is 5.27. The second kappa shape index (κ2) is 6.48. The first-order valence-corrected chi connectivity index (χ1v) is 7.82. The molecule has 0 unspecified atom stereocenters. The monoisotopic (exact) mass is 301 g/mol. The Morgan fingerprint density at radius 2 is 2.18 bits per heavy atom. The van der Waals surface area contributed by atoms with Crippen LogP contribution < -0.4 is 4.74 Å². The summed E-state index contributed by atoms with van der Waals surface area (Å²) < 4.78 is 13.7. The van der Waals surface area contributed by atoms with Crippen LogP contribution in [0.2, 0.25) is 0 Å². The van der Waals surface area contributed by atoms with Crippen molar-refractivity contribution >= 4 is 0 Å². The highest BCUT2D eigenvalue weighted by Crippen LogP contribution is 2.29. The molecule has 0 bridgehead atoms. The molecule has 0 amide bonds. The van der Waals surface area contributed by atoms with Crippen LogP contribution in [0.5, 0.6) is 5.75 Å². The third-order valence-corrected chi connectivity index (χ3v) is 4.15. The van der Waals surface area contributed by atoms with Gasteiger partial charge < -0.3 is 14.0 Å². The van der Waals surface area contributed by atoms with Crippen molar-refractivity contribution in [3.05, 3.63) is 41.5 Å². The molecule has 1 fully saturated rings. The van der Waals surface area contributed by atoms with E-state index in [9.17, 15) is 0 Å². The molecule has 2 heterocycles. The minimum Gasteiger partial charge on any atom is -0.486 e. The molecule has 0 radical (unpaired) electrons. The van der Waals surface area contributed by atoms with Gasteiger partial charge in [-0.2, -0.15) is 0 Å². The Bertz CT molecular complexity index is 631. The molecule has 1 saturated heterocycles. The molecule has 5 heteroatoms. The van der Waals surface area contributed by atoms with E-state index in [-0.39, 0.29) is 6.10 Å². The van der Waals surface area contributed by atoms with Crippen LogP contribution in [0.15, 0.2) is 24.3 Å². The van der Waals surface area contributed by atoms with E-state index in [1.54, 1.807) is 0 Å². The van der Waals surface area contributed by atoms with Gasteiger partial charge >= 0.3 is 0 Å². The van der Waals surface area contributed by atoms with Crippen LogP contribution in [0.4, 0.5) is 0 Å². The summed E-state index contributed by atoms with van der Waals surface area (Å²) in [7, 11) is 1.98. The number of nitrogens with zero attached hydrogens (tertiary/aromatic N) is 3. The molecule has 2 atom stereocenters. The smallest absolute Gasteiger partial charge is 0.170 e. The SMILES string of the molecule is Cc1cccc(OCc2nnc([C@@H]3CC[C@@H](C)CO3)n2C)c1. The highest BCUT2D eigenvalue weighted by atomic mass is 16.5. The molecule has 22 heavy (non-hydrogen) atoms. The molecular formula is C17H23N3O2. The van der Waals surface area contributed by atoms with Gasteiger partial charge in [-0.1, -0.05) is 19.1 Å². The van der Waals surface area contributed by atoms with Gasteiger partial charge in [0.1, 0.15) is 18.5 Å². The van der Waals surface area contributed by atoms with Gasteiger partial charge in [-0.15, -0.1) is 10.2 Å². The fourth-order valence-corrected chi connectivity index (χ4v) is 2.72. The number of benzene rings is 1. The van der Waals surface area contributed by atoms with Crippen molar-refractivity contribution in [3.8, 4) is 5.75 Å². The zero-order valence-electron chi connectivity index (χ0n) is 13.5. The Morgan fingerprint density at radius 3 is 2.91 bits per heavy atom. The predicted octanol–water partition coefficient (Wildman–Crippen LogP) is 3.19. The fraction of sp³-hybridized carbons (Fsp3) is 0.529. The summed E-state index contributed by atoms with van der Waals surface area (Å²) in [6, 6.07) is 8.01. The third kappa shape index (κ3) is 3.30. The van der Waals surface area contributed by atoms with Crippen LogP contribution in [0.1, 0.15) is 43.1 Å². The Morgan fingerprint density at radius 1 is 1.32 bits per heavy atom. The molecule has 118 valence electrons. The lowest BCUT2D eigenvalue weighted by atomic mass is 10.00. The summed E-state index contributed by atoms with van der Waals surface area (Å²) in [6.07, 6.45) is 2.24. The molecule has 2 aromatic rings. The average Bonchev–Trinajstić information content (AvgIpc) is 2.87. The van der Waals surface area contributed by atoms with Crippen molar-refractivity contribution in [2.75, 3.05) is 6.61 Å². The van der Waals surface area contributed by atoms with E-state index in [0.717, 1.165) is 30.4 Å². The van der Waals surface area contributed by atoms with Gasteiger partial charge in [0.15, 0.2) is 11.6 Å². The molecule has 0 N–H and O–H groups in total. The second-order valence-corrected chi connectivity index (χ2v) is 6.14. The molecule has 5 nitrogen and oxygen atoms in total. The lowest BCUT2D eigenvalue weighted by Gasteiger charge is -2.26. The first-order chi connectivity index (χ1) is 10.6. The number of aryl methyl sites for hydroxylation is 1. The maximum Gasteiger partial charge on any atom is 0.170 e. The quantitative estimate of drug-likeness (QED) is 0.870. The van der Waals surface area contributed by atoms with E-state index < -0.39 is 0 Å². The first kappa shape index (κ1) is 15.0. The van der Waals surface area contributed by atoms with Gasteiger partial charge in [0.2, 0.25) is 0 Å². The molecule has 1 aliphatic heterocycles. The Kier molecular flexibility index (Phi) is 4.43. The summed E-state index contributed by atoms with van der Waals surface area (Å²) in [5.41, 5.74) is 1.18. The van der Waals surface area contributed by atoms with Gasteiger partial charge in [0.25, 0.3) is 0 Å². The topological polar surface area (TPSA) is 49.2 Å². The second-order valence-electron chi connectivity index (χ2n) is 6.14. The maximum absolute atomic E-state index is 5.88. The van der Waals surface area contributed by atoms with Gasteiger partial charge in [-0.25, -0.2) is 0 Å². The Balaban J connectivity index is 1.66. The fourth-order valence-electron chi connectivity index (χ4n) is 2.72. The number of hydrogen-bond donors (Lipinski definition) is 0. The molecule has 0 spiro atoms. The molecule has 0 aliphatic carbocycles. The summed E-state index contributed by atoms with van der Waals surface area (Å²) in [5.74, 6) is 3.20. The molecule has 0 saturated carbocycles. The van der Waals surface area contributed by atoms with Crippen LogP contribution in [-0.4, -0.2) is 21.4 Å². The Labute approximate surface area is 131 Å². The normalized spacial score (nSPS) is 21.8. The maximum atomic E-state index is 5.88. The average molecular weight is 301 g/mol. The van der Waals surface area contributed by atoms with Crippen LogP contribution >= 0.6 is 0 Å². The van der Waals surface area contributed by atoms with Crippen molar-refractivity contribution in [1.82, 2.24) is 14.8 Å². The van der Waals surface area contributed by atoms with Gasteiger partial charge in [0, 0.05) is 7.05 Å². The van der Waals surface area contributed by atoms with E-state index >= 15 is 0 Å². The molecule has 1 aromatic heterocycles. The number of aromatic nitrogens is 3. The minimum atomic E-state index is 0.0569. The number of hydrogen-bond acceptors (Lipinski definition) is 4. The summed E-state index contributed by atoms with van der Waals surface area (Å²) >= 11 is 0. The van der Waals surface area contributed by atoms with Crippen molar-refractivity contribution in [2.45, 2.75) is 39.4 Å². The van der Waals surface area contributed by atoms with Crippen LogP contribution in [0.25, 0.3) is 0 Å². The third-order valence-electron chi connectivity index (χ3n) is 4.15. The number of rotatable bonds is 4. The van der Waals surface area contributed by atoms with Gasteiger partial charge in [-0.05, 0) is 43.4 Å². The lowest BCUT2D eigenvalue weighted by molar-refractivity contribution is -0.0188. The highest BCUT2D eigenvalue weighted by Gasteiger charge is 2.25. The van der Waals surface area contributed by atoms with Crippen molar-refractivity contribution in [2.24, 2.45) is 13.0 Å². The van der Waals surface area contributed by atoms with E-state index in [1.165, 1.54) is 12.0 Å². The van der Waals surface area contributed by atoms with E-state index in [1.807, 2.05) is 29.8 Å². The first-order valence-electron chi connectivity index (χ1n) is 7.82. The largest absolute Gasteiger partial charge is 0.486 e. The van der Waals surface area contributed by atoms with E-state index in [0.29, 0.717) is 12.5 Å². The van der Waals surface area contributed by atoms with E-state index in [2.05, 4.69) is 30.1 Å². The predicted molar refractivity (Wildman–Crippen MR) is 83.6 cm³/mol. The molecular weight excluding hydrogens is 278 g/mol. The van der Waals surface area contributed by atoms with Crippen molar-refractivity contribution in [3.63, 3.8) is 0 Å². The molecule has 1 aromatic carbocycles. The summed E-state index contributed by atoms with van der Waals surface area (Å²) in [6.45, 7) is 5.48. The van der Waals surface area contributed by atoms with Crippen LogP contribution in [0.3, 0.4) is 0 Å². The van der Waals surface area contributed by atoms with Crippen LogP contribution in [0, 0.1) is 12.8 Å². The van der Waals surface area contributed by atoms with E-state index in [4.69, 9.17) is 9.47 Å². The van der Waals surface area contributed by atoms with Crippen molar-refractivity contribution in [1.29, 1.82) is 0 Å². The van der Waals surface area contributed by atoms with Crippen LogP contribution in [-0.2, 0) is 18.4 Å². The van der Waals surface area contributed by atoms with Gasteiger partial charge in [-0.3, -0.25) is 0 Å². The standard InChI is InChI=1S/C17H23N3O2/c1-12-5-4-6-14(9-12)21-11-16-18-19-17(20(16)3)15-8-7-13(2)10-22-15/h4-6,9,13,15H,7-8,10-11H2,1-3H3/t13-,15+/m1/s1. The summed E-state index contributed by atoms with van der Waals surface area (Å²) in [5, 5.41) is 8.56. The zero-order valence-corrected chi connectivity index (χ0v) is 13.5.